The maximum Gasteiger partial charge on any atom is 0.437 e. The highest BCUT2D eigenvalue weighted by Gasteiger charge is 2.52. The van der Waals surface area contributed by atoms with Crippen molar-refractivity contribution in [2.24, 2.45) is 5.41 Å². The summed E-state index contributed by atoms with van der Waals surface area (Å²) in [5, 5.41) is 5.60. The van der Waals surface area contributed by atoms with Gasteiger partial charge in [0.15, 0.2) is 0 Å². The molecule has 1 fully saturated rings. The minimum Gasteiger partial charge on any atom is -0.487 e. The van der Waals surface area contributed by atoms with Crippen LogP contribution in [0, 0.1) is 5.41 Å². The average molecular weight is 506 g/mol. The van der Waals surface area contributed by atoms with E-state index >= 15 is 0 Å². The first kappa shape index (κ1) is 24.2. The van der Waals surface area contributed by atoms with Gasteiger partial charge in [-0.1, -0.05) is 68.4 Å². The SMILES string of the molecule is CCn1nc(-c2ccc(OCc3ccc4ccccc4n3)cc2C2(c3ccccc3)CC(C)(C)C2)oc1=O. The minimum atomic E-state index is -0.446. The van der Waals surface area contributed by atoms with Crippen molar-refractivity contribution in [2.45, 2.75) is 52.2 Å². The second-order valence-corrected chi connectivity index (χ2v) is 10.9. The smallest absolute Gasteiger partial charge is 0.437 e. The lowest BCUT2D eigenvalue weighted by Crippen LogP contribution is -2.47. The molecule has 0 unspecified atom stereocenters. The first-order valence-corrected chi connectivity index (χ1v) is 13.1. The van der Waals surface area contributed by atoms with Gasteiger partial charge in [-0.05, 0) is 66.6 Å². The number of benzene rings is 3. The highest BCUT2D eigenvalue weighted by molar-refractivity contribution is 5.78. The van der Waals surface area contributed by atoms with Crippen LogP contribution in [-0.4, -0.2) is 14.8 Å². The zero-order chi connectivity index (χ0) is 26.3. The summed E-state index contributed by atoms with van der Waals surface area (Å²) in [6, 6.07) is 28.7. The maximum absolute atomic E-state index is 12.4. The summed E-state index contributed by atoms with van der Waals surface area (Å²) < 4.78 is 13.3. The molecule has 1 aliphatic rings. The number of nitrogens with zero attached hydrogens (tertiary/aromatic N) is 3. The fourth-order valence-electron chi connectivity index (χ4n) is 6.05. The molecule has 0 radical (unpaired) electrons. The number of rotatable bonds is 7. The summed E-state index contributed by atoms with van der Waals surface area (Å²) >= 11 is 0. The zero-order valence-electron chi connectivity index (χ0n) is 22.0. The number of ether oxygens (including phenoxy) is 1. The molecule has 0 N–H and O–H groups in total. The fourth-order valence-corrected chi connectivity index (χ4v) is 6.05. The van der Waals surface area contributed by atoms with Crippen molar-refractivity contribution in [3.63, 3.8) is 0 Å². The Hall–Kier alpha value is -4.19. The van der Waals surface area contributed by atoms with Crippen molar-refractivity contribution in [2.75, 3.05) is 0 Å². The fraction of sp³-hybridized carbons (Fsp3) is 0.281. The van der Waals surface area contributed by atoms with E-state index in [4.69, 9.17) is 14.1 Å². The van der Waals surface area contributed by atoms with Crippen molar-refractivity contribution >= 4 is 10.9 Å². The predicted octanol–water partition coefficient (Wildman–Crippen LogP) is 6.76. The molecular formula is C32H31N3O3. The third-order valence-electron chi connectivity index (χ3n) is 7.57. The van der Waals surface area contributed by atoms with Crippen molar-refractivity contribution in [3.05, 3.63) is 112 Å². The molecular weight excluding hydrogens is 474 g/mol. The van der Waals surface area contributed by atoms with E-state index in [-0.39, 0.29) is 10.8 Å². The van der Waals surface area contributed by atoms with Crippen LogP contribution in [0.25, 0.3) is 22.4 Å². The first-order chi connectivity index (χ1) is 18.4. The molecule has 6 rings (SSSR count). The molecule has 0 spiro atoms. The molecule has 1 aliphatic carbocycles. The van der Waals surface area contributed by atoms with Crippen molar-refractivity contribution in [1.82, 2.24) is 14.8 Å². The topological polar surface area (TPSA) is 70.2 Å². The second-order valence-electron chi connectivity index (χ2n) is 10.9. The molecule has 0 atom stereocenters. The molecule has 5 aromatic rings. The van der Waals surface area contributed by atoms with Crippen LogP contribution in [0.5, 0.6) is 5.75 Å². The Morgan fingerprint density at radius 3 is 2.45 bits per heavy atom. The van der Waals surface area contributed by atoms with Gasteiger partial charge in [0, 0.05) is 22.9 Å². The van der Waals surface area contributed by atoms with Crippen LogP contribution < -0.4 is 10.5 Å². The van der Waals surface area contributed by atoms with Crippen molar-refractivity contribution in [1.29, 1.82) is 0 Å². The van der Waals surface area contributed by atoms with Gasteiger partial charge in [-0.15, -0.1) is 5.10 Å². The molecule has 2 heterocycles. The summed E-state index contributed by atoms with van der Waals surface area (Å²) in [6.45, 7) is 7.28. The van der Waals surface area contributed by atoms with E-state index in [9.17, 15) is 4.79 Å². The van der Waals surface area contributed by atoms with Gasteiger partial charge >= 0.3 is 5.76 Å². The molecule has 1 saturated carbocycles. The molecule has 192 valence electrons. The molecule has 0 bridgehead atoms. The summed E-state index contributed by atoms with van der Waals surface area (Å²) in [5.74, 6) is 0.643. The highest BCUT2D eigenvalue weighted by Crippen LogP contribution is 2.60. The standard InChI is InChI=1S/C32H31N3O3/c1-4-35-30(36)38-29(34-35)26-17-16-25(37-19-24-15-14-22-10-8-9-13-28(22)33-24)18-27(26)32(20-31(2,3)21-32)23-11-6-5-7-12-23/h5-18H,4,19-21H2,1-3H3. The number of hydrogen-bond donors (Lipinski definition) is 0. The molecule has 0 amide bonds. The van der Waals surface area contributed by atoms with Gasteiger partial charge in [0.05, 0.1) is 11.2 Å². The molecule has 0 aliphatic heterocycles. The summed E-state index contributed by atoms with van der Waals surface area (Å²) in [7, 11) is 0. The van der Waals surface area contributed by atoms with Crippen LogP contribution in [0.4, 0.5) is 0 Å². The zero-order valence-corrected chi connectivity index (χ0v) is 22.0. The summed E-state index contributed by atoms with van der Waals surface area (Å²) in [4.78, 5) is 17.1. The molecule has 6 nitrogen and oxygen atoms in total. The second kappa shape index (κ2) is 9.28. The van der Waals surface area contributed by atoms with Gasteiger partial charge in [0.1, 0.15) is 12.4 Å². The predicted molar refractivity (Wildman–Crippen MR) is 148 cm³/mol. The molecule has 3 aromatic carbocycles. The van der Waals surface area contributed by atoms with E-state index < -0.39 is 5.76 Å². The molecule has 0 saturated heterocycles. The molecule has 2 aromatic heterocycles. The monoisotopic (exact) mass is 505 g/mol. The number of hydrogen-bond acceptors (Lipinski definition) is 5. The van der Waals surface area contributed by atoms with Gasteiger partial charge in [-0.3, -0.25) is 0 Å². The van der Waals surface area contributed by atoms with E-state index in [1.54, 1.807) is 0 Å². The number of aryl methyl sites for hydroxylation is 1. The van der Waals surface area contributed by atoms with Crippen LogP contribution in [0.3, 0.4) is 0 Å². The number of aromatic nitrogens is 3. The van der Waals surface area contributed by atoms with Crippen LogP contribution in [-0.2, 0) is 18.6 Å². The van der Waals surface area contributed by atoms with Crippen molar-refractivity contribution in [3.8, 4) is 17.2 Å². The van der Waals surface area contributed by atoms with Gasteiger partial charge in [0.25, 0.3) is 0 Å². The van der Waals surface area contributed by atoms with Gasteiger partial charge < -0.3 is 9.15 Å². The van der Waals surface area contributed by atoms with Crippen molar-refractivity contribution < 1.29 is 9.15 Å². The lowest BCUT2D eigenvalue weighted by Gasteiger charge is -2.54. The lowest BCUT2D eigenvalue weighted by atomic mass is 9.49. The normalized spacial score (nSPS) is 15.8. The quantitative estimate of drug-likeness (QED) is 0.244. The van der Waals surface area contributed by atoms with Gasteiger partial charge in [-0.25, -0.2) is 9.78 Å². The minimum absolute atomic E-state index is 0.183. The molecule has 6 heteroatoms. The Morgan fingerprint density at radius 2 is 1.71 bits per heavy atom. The maximum atomic E-state index is 12.4. The van der Waals surface area contributed by atoms with Crippen LogP contribution >= 0.6 is 0 Å². The highest BCUT2D eigenvalue weighted by atomic mass is 16.5. The Balaban J connectivity index is 1.42. The van der Waals surface area contributed by atoms with E-state index in [1.807, 2.05) is 49.4 Å². The van der Waals surface area contributed by atoms with Gasteiger partial charge in [0.2, 0.25) is 5.89 Å². The largest absolute Gasteiger partial charge is 0.487 e. The van der Waals surface area contributed by atoms with E-state index in [1.165, 1.54) is 10.2 Å². The third kappa shape index (κ3) is 4.30. The van der Waals surface area contributed by atoms with E-state index in [2.05, 4.69) is 61.4 Å². The number of para-hydroxylation sites is 1. The average Bonchev–Trinajstić information content (AvgIpc) is 3.30. The molecule has 38 heavy (non-hydrogen) atoms. The lowest BCUT2D eigenvalue weighted by molar-refractivity contribution is 0.0882. The number of pyridine rings is 1. The number of fused-ring (bicyclic) bond motifs is 1. The Morgan fingerprint density at radius 1 is 0.947 bits per heavy atom. The van der Waals surface area contributed by atoms with E-state index in [0.717, 1.165) is 46.3 Å². The summed E-state index contributed by atoms with van der Waals surface area (Å²) in [6.07, 6.45) is 1.93. The van der Waals surface area contributed by atoms with Crippen LogP contribution in [0.1, 0.15) is 50.4 Å². The Kier molecular flexibility index (Phi) is 5.90. The van der Waals surface area contributed by atoms with Crippen LogP contribution in [0.2, 0.25) is 0 Å². The third-order valence-corrected chi connectivity index (χ3v) is 7.57. The van der Waals surface area contributed by atoms with Gasteiger partial charge in [-0.2, -0.15) is 4.68 Å². The van der Waals surface area contributed by atoms with E-state index in [0.29, 0.717) is 19.0 Å². The first-order valence-electron chi connectivity index (χ1n) is 13.1. The Bertz CT molecular complexity index is 1660. The Labute approximate surface area is 221 Å². The summed E-state index contributed by atoms with van der Waals surface area (Å²) in [5.41, 5.74) is 4.89. The van der Waals surface area contributed by atoms with Crippen LogP contribution in [0.15, 0.2) is 94.1 Å².